The maximum Gasteiger partial charge on any atom is 0.191 e. The van der Waals surface area contributed by atoms with Crippen LogP contribution in [0.25, 0.3) is 0 Å². The molecular formula is C15H31IN4O. The number of hydrogen-bond donors (Lipinski definition) is 2. The van der Waals surface area contributed by atoms with Crippen LogP contribution in [0.4, 0.5) is 0 Å². The van der Waals surface area contributed by atoms with Gasteiger partial charge in [-0.1, -0.05) is 12.8 Å². The Kier molecular flexibility index (Phi) is 10.4. The van der Waals surface area contributed by atoms with Gasteiger partial charge in [0.05, 0.1) is 6.10 Å². The van der Waals surface area contributed by atoms with Crippen LogP contribution in [0.5, 0.6) is 0 Å². The van der Waals surface area contributed by atoms with E-state index in [1.54, 1.807) is 0 Å². The highest BCUT2D eigenvalue weighted by molar-refractivity contribution is 14.0. The van der Waals surface area contributed by atoms with Gasteiger partial charge in [0, 0.05) is 33.3 Å². The number of aliphatic imine (C=N–C) groups is 1. The molecule has 0 bridgehead atoms. The number of halogens is 1. The van der Waals surface area contributed by atoms with Gasteiger partial charge in [0.25, 0.3) is 0 Å². The molecule has 1 unspecified atom stereocenters. The number of nitrogens with zero attached hydrogens (tertiary/aromatic N) is 2. The molecule has 0 spiro atoms. The van der Waals surface area contributed by atoms with E-state index in [2.05, 4.69) is 20.5 Å². The van der Waals surface area contributed by atoms with Gasteiger partial charge >= 0.3 is 0 Å². The second-order valence-corrected chi connectivity index (χ2v) is 5.77. The van der Waals surface area contributed by atoms with Crippen molar-refractivity contribution in [1.29, 1.82) is 0 Å². The summed E-state index contributed by atoms with van der Waals surface area (Å²) < 4.78 is 5.61. The van der Waals surface area contributed by atoms with E-state index in [4.69, 9.17) is 4.74 Å². The van der Waals surface area contributed by atoms with E-state index in [0.29, 0.717) is 6.10 Å². The maximum atomic E-state index is 5.61. The van der Waals surface area contributed by atoms with E-state index in [1.807, 2.05) is 7.05 Å². The average Bonchev–Trinajstić information content (AvgIpc) is 2.85. The minimum absolute atomic E-state index is 0. The van der Waals surface area contributed by atoms with Crippen molar-refractivity contribution in [1.82, 2.24) is 15.5 Å². The van der Waals surface area contributed by atoms with E-state index in [9.17, 15) is 0 Å². The summed E-state index contributed by atoms with van der Waals surface area (Å²) in [5, 5.41) is 6.76. The molecule has 0 amide bonds. The third kappa shape index (κ3) is 7.65. The van der Waals surface area contributed by atoms with Gasteiger partial charge < -0.3 is 20.3 Å². The molecule has 0 aromatic carbocycles. The van der Waals surface area contributed by atoms with Crippen LogP contribution in [0.15, 0.2) is 4.99 Å². The van der Waals surface area contributed by atoms with Gasteiger partial charge in [0.15, 0.2) is 5.96 Å². The smallest absolute Gasteiger partial charge is 0.191 e. The number of likely N-dealkylation sites (tertiary alicyclic amines) is 1. The van der Waals surface area contributed by atoms with Gasteiger partial charge in [-0.25, -0.2) is 0 Å². The fourth-order valence-electron chi connectivity index (χ4n) is 2.93. The molecule has 124 valence electrons. The summed E-state index contributed by atoms with van der Waals surface area (Å²) in [7, 11) is 1.83. The summed E-state index contributed by atoms with van der Waals surface area (Å²) in [4.78, 5) is 6.83. The first-order chi connectivity index (χ1) is 9.88. The number of rotatable bonds is 5. The van der Waals surface area contributed by atoms with Gasteiger partial charge in [-0.2, -0.15) is 0 Å². The van der Waals surface area contributed by atoms with Crippen molar-refractivity contribution in [2.75, 3.05) is 46.4 Å². The van der Waals surface area contributed by atoms with Crippen LogP contribution in [0.3, 0.4) is 0 Å². The molecule has 0 radical (unpaired) electrons. The quantitative estimate of drug-likeness (QED) is 0.413. The first-order valence-electron chi connectivity index (χ1n) is 8.17. The lowest BCUT2D eigenvalue weighted by Crippen LogP contribution is -2.44. The minimum Gasteiger partial charge on any atom is -0.376 e. The molecule has 0 saturated carbocycles. The summed E-state index contributed by atoms with van der Waals surface area (Å²) in [5.41, 5.74) is 0. The van der Waals surface area contributed by atoms with Crippen molar-refractivity contribution in [3.63, 3.8) is 0 Å². The SMILES string of the molecule is CN=C(NCCN1CCCCCC1)NCC1CCCO1.I. The highest BCUT2D eigenvalue weighted by Gasteiger charge is 2.15. The van der Waals surface area contributed by atoms with Crippen LogP contribution in [0.2, 0.25) is 0 Å². The van der Waals surface area contributed by atoms with Gasteiger partial charge in [0.2, 0.25) is 0 Å². The van der Waals surface area contributed by atoms with Gasteiger partial charge in [-0.15, -0.1) is 24.0 Å². The van der Waals surface area contributed by atoms with Crippen LogP contribution in [-0.2, 0) is 4.74 Å². The molecule has 2 fully saturated rings. The lowest BCUT2D eigenvalue weighted by atomic mass is 10.2. The monoisotopic (exact) mass is 410 g/mol. The van der Waals surface area contributed by atoms with Crippen molar-refractivity contribution in [2.24, 2.45) is 4.99 Å². The fourth-order valence-corrected chi connectivity index (χ4v) is 2.93. The zero-order valence-electron chi connectivity index (χ0n) is 13.3. The van der Waals surface area contributed by atoms with Crippen molar-refractivity contribution in [3.8, 4) is 0 Å². The highest BCUT2D eigenvalue weighted by Crippen LogP contribution is 2.10. The molecule has 21 heavy (non-hydrogen) atoms. The Hall–Kier alpha value is -0.0800. The van der Waals surface area contributed by atoms with E-state index in [0.717, 1.165) is 38.6 Å². The summed E-state index contributed by atoms with van der Waals surface area (Å²) >= 11 is 0. The Morgan fingerprint density at radius 3 is 2.52 bits per heavy atom. The number of nitrogens with one attached hydrogen (secondary N) is 2. The van der Waals surface area contributed by atoms with Gasteiger partial charge in [0.1, 0.15) is 0 Å². The van der Waals surface area contributed by atoms with Crippen molar-refractivity contribution < 1.29 is 4.74 Å². The van der Waals surface area contributed by atoms with Gasteiger partial charge in [-0.05, 0) is 38.8 Å². The Balaban J connectivity index is 0.00000220. The average molecular weight is 410 g/mol. The van der Waals surface area contributed by atoms with Crippen LogP contribution in [0, 0.1) is 0 Å². The first kappa shape index (κ1) is 19.0. The topological polar surface area (TPSA) is 48.9 Å². The van der Waals surface area contributed by atoms with E-state index in [-0.39, 0.29) is 24.0 Å². The van der Waals surface area contributed by atoms with Crippen LogP contribution >= 0.6 is 24.0 Å². The van der Waals surface area contributed by atoms with E-state index in [1.165, 1.54) is 45.2 Å². The Bertz CT molecular complexity index is 287. The molecule has 2 saturated heterocycles. The van der Waals surface area contributed by atoms with Crippen molar-refractivity contribution >= 4 is 29.9 Å². The summed E-state index contributed by atoms with van der Waals surface area (Å²) in [5.74, 6) is 0.898. The summed E-state index contributed by atoms with van der Waals surface area (Å²) in [6, 6.07) is 0. The molecular weight excluding hydrogens is 379 g/mol. The number of ether oxygens (including phenoxy) is 1. The molecule has 1 atom stereocenters. The molecule has 0 aromatic heterocycles. The standard InChI is InChI=1S/C15H30N4O.HI/c1-16-15(18-13-14-7-6-12-20-14)17-8-11-19-9-4-2-3-5-10-19;/h14H,2-13H2,1H3,(H2,16,17,18);1H. The molecule has 6 heteroatoms. The van der Waals surface area contributed by atoms with Crippen LogP contribution < -0.4 is 10.6 Å². The largest absolute Gasteiger partial charge is 0.376 e. The zero-order valence-corrected chi connectivity index (χ0v) is 15.6. The Labute approximate surface area is 146 Å². The zero-order chi connectivity index (χ0) is 14.0. The van der Waals surface area contributed by atoms with Crippen LogP contribution in [0.1, 0.15) is 38.5 Å². The molecule has 2 heterocycles. The summed E-state index contributed by atoms with van der Waals surface area (Å²) in [6.45, 7) is 6.36. The third-order valence-electron chi connectivity index (χ3n) is 4.16. The predicted molar refractivity (Wildman–Crippen MR) is 98.7 cm³/mol. The third-order valence-corrected chi connectivity index (χ3v) is 4.16. The predicted octanol–water partition coefficient (Wildman–Crippen LogP) is 1.82. The molecule has 5 nitrogen and oxygen atoms in total. The Morgan fingerprint density at radius 1 is 1.14 bits per heavy atom. The molecule has 2 aliphatic rings. The lowest BCUT2D eigenvalue weighted by molar-refractivity contribution is 0.114. The highest BCUT2D eigenvalue weighted by atomic mass is 127. The maximum absolute atomic E-state index is 5.61. The fraction of sp³-hybridized carbons (Fsp3) is 0.933. The summed E-state index contributed by atoms with van der Waals surface area (Å²) in [6.07, 6.45) is 8.21. The minimum atomic E-state index is 0. The van der Waals surface area contributed by atoms with Crippen molar-refractivity contribution in [3.05, 3.63) is 0 Å². The Morgan fingerprint density at radius 2 is 1.90 bits per heavy atom. The lowest BCUT2D eigenvalue weighted by Gasteiger charge is -2.21. The number of guanidine groups is 1. The van der Waals surface area contributed by atoms with Crippen LogP contribution in [-0.4, -0.2) is 63.3 Å². The van der Waals surface area contributed by atoms with Crippen molar-refractivity contribution in [2.45, 2.75) is 44.6 Å². The molecule has 0 aromatic rings. The second kappa shape index (κ2) is 11.5. The molecule has 0 aliphatic carbocycles. The molecule has 2 N–H and O–H groups in total. The molecule has 2 aliphatic heterocycles. The number of hydrogen-bond acceptors (Lipinski definition) is 3. The van der Waals surface area contributed by atoms with E-state index >= 15 is 0 Å². The first-order valence-corrected chi connectivity index (χ1v) is 8.17. The normalized spacial score (nSPS) is 24.2. The van der Waals surface area contributed by atoms with Gasteiger partial charge in [-0.3, -0.25) is 4.99 Å². The van der Waals surface area contributed by atoms with E-state index < -0.39 is 0 Å². The second-order valence-electron chi connectivity index (χ2n) is 5.77. The molecule has 2 rings (SSSR count).